The van der Waals surface area contributed by atoms with Crippen LogP contribution in [-0.2, 0) is 0 Å². The summed E-state index contributed by atoms with van der Waals surface area (Å²) in [5.41, 5.74) is 5.12. The summed E-state index contributed by atoms with van der Waals surface area (Å²) >= 11 is 0. The maximum absolute atomic E-state index is 14.0. The Morgan fingerprint density at radius 1 is 1.20 bits per heavy atom. The van der Waals surface area contributed by atoms with Gasteiger partial charge in [0.05, 0.1) is 17.6 Å². The molecule has 102 valence electrons. The summed E-state index contributed by atoms with van der Waals surface area (Å²) in [6.45, 7) is 6.48. The van der Waals surface area contributed by atoms with Crippen molar-refractivity contribution in [3.05, 3.63) is 54.1 Å². The third kappa shape index (κ3) is 4.21. The van der Waals surface area contributed by atoms with E-state index in [4.69, 9.17) is 0 Å². The average molecular weight is 284 g/mol. The summed E-state index contributed by atoms with van der Waals surface area (Å²) in [5, 5.41) is 2.99. The third-order valence-electron chi connectivity index (χ3n) is 2.49. The molecule has 0 radical (unpaired) electrons. The first-order valence-corrected chi connectivity index (χ1v) is 9.94. The molecule has 0 saturated heterocycles. The fourth-order valence-corrected chi connectivity index (χ4v) is 2.07. The van der Waals surface area contributed by atoms with E-state index in [1.165, 1.54) is 6.07 Å². The van der Waals surface area contributed by atoms with Crippen LogP contribution in [0.3, 0.4) is 0 Å². The Kier molecular flexibility index (Phi) is 4.21. The predicted molar refractivity (Wildman–Crippen MR) is 84.1 cm³/mol. The van der Waals surface area contributed by atoms with Crippen LogP contribution in [0.1, 0.15) is 5.56 Å². The van der Waals surface area contributed by atoms with Gasteiger partial charge in [-0.1, -0.05) is 25.6 Å². The molecule has 0 fully saturated rings. The largest absolute Gasteiger partial charge is 0.352 e. The molecule has 1 N–H and O–H groups in total. The maximum Gasteiger partial charge on any atom is 0.147 e. The molecule has 0 bridgehead atoms. The van der Waals surface area contributed by atoms with Gasteiger partial charge in [-0.15, -0.1) is 5.54 Å². The Hall–Kier alpha value is -2.12. The predicted octanol–water partition coefficient (Wildman–Crippen LogP) is 4.19. The van der Waals surface area contributed by atoms with E-state index in [-0.39, 0.29) is 5.82 Å². The molecular formula is C16H17FN2Si. The van der Waals surface area contributed by atoms with Crippen LogP contribution in [0.4, 0.5) is 15.8 Å². The van der Waals surface area contributed by atoms with Crippen molar-refractivity contribution in [2.75, 3.05) is 5.32 Å². The molecule has 0 aliphatic carbocycles. The lowest BCUT2D eigenvalue weighted by molar-refractivity contribution is 0.631. The minimum absolute atomic E-state index is 0.309. The van der Waals surface area contributed by atoms with E-state index in [9.17, 15) is 4.39 Å². The smallest absolute Gasteiger partial charge is 0.147 e. The fourth-order valence-electron chi connectivity index (χ4n) is 1.55. The van der Waals surface area contributed by atoms with Crippen LogP contribution in [0.25, 0.3) is 0 Å². The molecule has 1 aromatic heterocycles. The van der Waals surface area contributed by atoms with Crippen LogP contribution in [0.15, 0.2) is 42.7 Å². The number of halogens is 1. The van der Waals surface area contributed by atoms with Crippen molar-refractivity contribution in [2.24, 2.45) is 0 Å². The Balaban J connectivity index is 2.20. The number of rotatable bonds is 2. The SMILES string of the molecule is C[Si](C)(C)C#Cc1ccc(Nc2cccnc2)c(F)c1. The number of anilines is 2. The molecule has 1 heterocycles. The van der Waals surface area contributed by atoms with Crippen LogP contribution in [0, 0.1) is 17.3 Å². The van der Waals surface area contributed by atoms with Gasteiger partial charge < -0.3 is 5.32 Å². The summed E-state index contributed by atoms with van der Waals surface area (Å²) < 4.78 is 14.0. The first-order valence-electron chi connectivity index (χ1n) is 6.44. The van der Waals surface area contributed by atoms with Gasteiger partial charge in [-0.25, -0.2) is 4.39 Å². The van der Waals surface area contributed by atoms with Crippen molar-refractivity contribution in [1.29, 1.82) is 0 Å². The number of pyridine rings is 1. The lowest BCUT2D eigenvalue weighted by atomic mass is 10.2. The number of hydrogen-bond donors (Lipinski definition) is 1. The molecule has 0 unspecified atom stereocenters. The van der Waals surface area contributed by atoms with Gasteiger partial charge in [0.1, 0.15) is 13.9 Å². The van der Waals surface area contributed by atoms with E-state index in [1.54, 1.807) is 24.5 Å². The molecule has 0 aliphatic heterocycles. The number of benzene rings is 1. The molecule has 0 amide bonds. The molecule has 0 saturated carbocycles. The van der Waals surface area contributed by atoms with Gasteiger partial charge in [-0.2, -0.15) is 0 Å². The van der Waals surface area contributed by atoms with Crippen molar-refractivity contribution in [1.82, 2.24) is 4.98 Å². The monoisotopic (exact) mass is 284 g/mol. The second kappa shape index (κ2) is 5.89. The average Bonchev–Trinajstić information content (AvgIpc) is 2.40. The van der Waals surface area contributed by atoms with Crippen molar-refractivity contribution >= 4 is 19.4 Å². The second-order valence-corrected chi connectivity index (χ2v) is 10.3. The Morgan fingerprint density at radius 3 is 2.60 bits per heavy atom. The normalized spacial score (nSPS) is 10.6. The molecule has 2 rings (SSSR count). The minimum Gasteiger partial charge on any atom is -0.352 e. The molecular weight excluding hydrogens is 267 g/mol. The molecule has 0 spiro atoms. The zero-order valence-electron chi connectivity index (χ0n) is 11.9. The van der Waals surface area contributed by atoms with Crippen molar-refractivity contribution in [3.8, 4) is 11.5 Å². The van der Waals surface area contributed by atoms with E-state index in [0.717, 1.165) is 5.69 Å². The van der Waals surface area contributed by atoms with Gasteiger partial charge in [0.15, 0.2) is 0 Å². The third-order valence-corrected chi connectivity index (χ3v) is 3.37. The molecule has 1 aromatic carbocycles. The van der Waals surface area contributed by atoms with Crippen LogP contribution in [-0.4, -0.2) is 13.1 Å². The number of nitrogens with zero attached hydrogens (tertiary/aromatic N) is 1. The van der Waals surface area contributed by atoms with Gasteiger partial charge in [0.25, 0.3) is 0 Å². The molecule has 0 aliphatic rings. The van der Waals surface area contributed by atoms with Crippen molar-refractivity contribution in [3.63, 3.8) is 0 Å². The van der Waals surface area contributed by atoms with E-state index < -0.39 is 8.07 Å². The van der Waals surface area contributed by atoms with Crippen LogP contribution >= 0.6 is 0 Å². The highest BCUT2D eigenvalue weighted by atomic mass is 28.3. The van der Waals surface area contributed by atoms with Gasteiger partial charge in [-0.3, -0.25) is 4.98 Å². The van der Waals surface area contributed by atoms with E-state index in [0.29, 0.717) is 11.3 Å². The topological polar surface area (TPSA) is 24.9 Å². The lowest BCUT2D eigenvalue weighted by Crippen LogP contribution is -2.16. The molecule has 4 heteroatoms. The van der Waals surface area contributed by atoms with E-state index >= 15 is 0 Å². The molecule has 2 nitrogen and oxygen atoms in total. The number of nitrogens with one attached hydrogen (secondary N) is 1. The summed E-state index contributed by atoms with van der Waals surface area (Å²) in [6, 6.07) is 8.64. The van der Waals surface area contributed by atoms with Crippen LogP contribution in [0.2, 0.25) is 19.6 Å². The zero-order chi connectivity index (χ0) is 14.6. The molecule has 0 atom stereocenters. The highest BCUT2D eigenvalue weighted by molar-refractivity contribution is 6.83. The van der Waals surface area contributed by atoms with Gasteiger partial charge >= 0.3 is 0 Å². The Morgan fingerprint density at radius 2 is 2.00 bits per heavy atom. The fraction of sp³-hybridized carbons (Fsp3) is 0.188. The molecule has 20 heavy (non-hydrogen) atoms. The number of hydrogen-bond acceptors (Lipinski definition) is 2. The van der Waals surface area contributed by atoms with Gasteiger partial charge in [0, 0.05) is 11.8 Å². The zero-order valence-corrected chi connectivity index (χ0v) is 12.9. The Bertz CT molecular complexity index is 652. The lowest BCUT2D eigenvalue weighted by Gasteiger charge is -2.07. The van der Waals surface area contributed by atoms with Crippen molar-refractivity contribution in [2.45, 2.75) is 19.6 Å². The van der Waals surface area contributed by atoms with Crippen LogP contribution < -0.4 is 5.32 Å². The van der Waals surface area contributed by atoms with E-state index in [2.05, 4.69) is 41.4 Å². The quantitative estimate of drug-likeness (QED) is 0.660. The maximum atomic E-state index is 14.0. The van der Waals surface area contributed by atoms with Crippen molar-refractivity contribution < 1.29 is 4.39 Å². The first-order chi connectivity index (χ1) is 9.44. The standard InChI is InChI=1S/C16H17FN2Si/c1-20(2,3)10-8-13-6-7-16(15(17)11-13)19-14-5-4-9-18-12-14/h4-7,9,11-12,19H,1-3H3. The summed E-state index contributed by atoms with van der Waals surface area (Å²) in [6.07, 6.45) is 3.33. The van der Waals surface area contributed by atoms with E-state index in [1.807, 2.05) is 12.1 Å². The highest BCUT2D eigenvalue weighted by Crippen LogP contribution is 2.20. The van der Waals surface area contributed by atoms with Gasteiger partial charge in [0.2, 0.25) is 0 Å². The summed E-state index contributed by atoms with van der Waals surface area (Å²) in [4.78, 5) is 3.98. The van der Waals surface area contributed by atoms with Gasteiger partial charge in [-0.05, 0) is 30.3 Å². The Labute approximate surface area is 120 Å². The highest BCUT2D eigenvalue weighted by Gasteiger charge is 2.08. The van der Waals surface area contributed by atoms with Crippen LogP contribution in [0.5, 0.6) is 0 Å². The summed E-state index contributed by atoms with van der Waals surface area (Å²) in [7, 11) is -1.44. The summed E-state index contributed by atoms with van der Waals surface area (Å²) in [5.74, 6) is 2.74. The number of aromatic nitrogens is 1. The second-order valence-electron chi connectivity index (χ2n) is 5.56. The minimum atomic E-state index is -1.44. The molecule has 2 aromatic rings. The first kappa shape index (κ1) is 14.3.